The van der Waals surface area contributed by atoms with Gasteiger partial charge in [0.15, 0.2) is 11.6 Å². The second kappa shape index (κ2) is 8.52. The first-order valence-electron chi connectivity index (χ1n) is 6.79. The molecule has 23 heavy (non-hydrogen) atoms. The smallest absolute Gasteiger partial charge is 0.180 e. The van der Waals surface area contributed by atoms with Crippen LogP contribution in [-0.4, -0.2) is 40.5 Å². The van der Waals surface area contributed by atoms with Gasteiger partial charge in [-0.3, -0.25) is 15.4 Å². The molecule has 0 unspecified atom stereocenters. The molecule has 0 aliphatic rings. The average molecular weight is 320 g/mol. The van der Waals surface area contributed by atoms with E-state index >= 15 is 0 Å². The Morgan fingerprint density at radius 1 is 1.48 bits per heavy atom. The van der Waals surface area contributed by atoms with Gasteiger partial charge >= 0.3 is 0 Å². The molecule has 3 N–H and O–H groups in total. The maximum Gasteiger partial charge on any atom is 0.180 e. The van der Waals surface area contributed by atoms with Crippen LogP contribution in [0.4, 0.5) is 10.2 Å². The van der Waals surface area contributed by atoms with Gasteiger partial charge in [0.2, 0.25) is 0 Å². The maximum atomic E-state index is 14.3. The lowest BCUT2D eigenvalue weighted by molar-refractivity contribution is 0.387. The molecule has 1 aromatic heterocycles. The van der Waals surface area contributed by atoms with Crippen LogP contribution in [0, 0.1) is 6.92 Å². The van der Waals surface area contributed by atoms with Crippen molar-refractivity contribution in [2.45, 2.75) is 13.8 Å². The van der Waals surface area contributed by atoms with E-state index < -0.39 is 5.83 Å². The average Bonchev–Trinajstić information content (AvgIpc) is 2.54. The Balaban J connectivity index is 3.00. The molecule has 0 aliphatic heterocycles. The maximum absolute atomic E-state index is 14.3. The Hall–Kier alpha value is -2.90. The SMILES string of the molecule is C=C/C(=C\C(F)=C(/C)Nc1ncnc(C)c1O)N(C)NC=NC. The highest BCUT2D eigenvalue weighted by Gasteiger charge is 2.09. The number of aryl methyl sites for hydroxylation is 1. The van der Waals surface area contributed by atoms with E-state index in [0.29, 0.717) is 11.4 Å². The number of aromatic hydroxyl groups is 1. The minimum Gasteiger partial charge on any atom is -0.503 e. The number of allylic oxidation sites excluding steroid dienone is 4. The molecule has 0 amide bonds. The van der Waals surface area contributed by atoms with Crippen LogP contribution in [0.2, 0.25) is 0 Å². The highest BCUT2D eigenvalue weighted by Crippen LogP contribution is 2.24. The normalized spacial score (nSPS) is 12.8. The van der Waals surface area contributed by atoms with Crippen molar-refractivity contribution in [3.8, 4) is 5.75 Å². The third-order valence-electron chi connectivity index (χ3n) is 2.92. The number of halogens is 1. The largest absolute Gasteiger partial charge is 0.503 e. The van der Waals surface area contributed by atoms with Crippen LogP contribution in [-0.2, 0) is 0 Å². The van der Waals surface area contributed by atoms with Gasteiger partial charge in [0.05, 0.1) is 11.4 Å². The highest BCUT2D eigenvalue weighted by atomic mass is 19.1. The number of rotatable bonds is 7. The molecule has 0 aliphatic carbocycles. The van der Waals surface area contributed by atoms with Crippen molar-refractivity contribution in [1.82, 2.24) is 20.4 Å². The molecule has 1 rings (SSSR count). The van der Waals surface area contributed by atoms with E-state index in [1.165, 1.54) is 31.7 Å². The van der Waals surface area contributed by atoms with Crippen LogP contribution in [0.5, 0.6) is 5.75 Å². The van der Waals surface area contributed by atoms with E-state index in [0.717, 1.165) is 0 Å². The monoisotopic (exact) mass is 320 g/mol. The van der Waals surface area contributed by atoms with Crippen LogP contribution >= 0.6 is 0 Å². The third kappa shape index (κ3) is 5.10. The van der Waals surface area contributed by atoms with Crippen molar-refractivity contribution in [3.63, 3.8) is 0 Å². The number of hydrogen-bond acceptors (Lipinski definition) is 6. The molecule has 0 fully saturated rings. The molecule has 0 saturated heterocycles. The molecule has 0 saturated carbocycles. The zero-order valence-corrected chi connectivity index (χ0v) is 13.6. The lowest BCUT2D eigenvalue weighted by Gasteiger charge is -2.19. The van der Waals surface area contributed by atoms with Crippen LogP contribution in [0.15, 0.2) is 47.3 Å². The molecule has 8 heteroatoms. The number of aromatic nitrogens is 2. The second-order valence-electron chi connectivity index (χ2n) is 4.60. The summed E-state index contributed by atoms with van der Waals surface area (Å²) in [6, 6.07) is 0. The summed E-state index contributed by atoms with van der Waals surface area (Å²) in [6.45, 7) is 6.81. The van der Waals surface area contributed by atoms with E-state index in [1.807, 2.05) is 0 Å². The molecule has 0 atom stereocenters. The van der Waals surface area contributed by atoms with Gasteiger partial charge in [0.1, 0.15) is 18.5 Å². The van der Waals surface area contributed by atoms with E-state index in [1.54, 1.807) is 26.0 Å². The number of hydrazine groups is 1. The Morgan fingerprint density at radius 3 is 2.78 bits per heavy atom. The van der Waals surface area contributed by atoms with Crippen LogP contribution in [0.1, 0.15) is 12.6 Å². The van der Waals surface area contributed by atoms with E-state index in [2.05, 4.69) is 32.3 Å². The summed E-state index contributed by atoms with van der Waals surface area (Å²) in [7, 11) is 3.31. The predicted octanol–water partition coefficient (Wildman–Crippen LogP) is 2.27. The summed E-state index contributed by atoms with van der Waals surface area (Å²) in [5.41, 5.74) is 3.91. The van der Waals surface area contributed by atoms with Crippen molar-refractivity contribution in [2.24, 2.45) is 4.99 Å². The molecule has 0 bridgehead atoms. The Morgan fingerprint density at radius 2 is 2.17 bits per heavy atom. The Kier molecular flexibility index (Phi) is 6.72. The zero-order valence-electron chi connectivity index (χ0n) is 13.6. The first-order valence-corrected chi connectivity index (χ1v) is 6.79. The first-order chi connectivity index (χ1) is 10.9. The number of likely N-dealkylation sites (N-methyl/N-ethyl adjacent to an activating group) is 1. The number of nitrogens with one attached hydrogen (secondary N) is 2. The fourth-order valence-electron chi connectivity index (χ4n) is 1.55. The van der Waals surface area contributed by atoms with Gasteiger partial charge in [-0.2, -0.15) is 0 Å². The minimum absolute atomic E-state index is 0.120. The van der Waals surface area contributed by atoms with Crippen molar-refractivity contribution >= 4 is 12.2 Å². The van der Waals surface area contributed by atoms with Gasteiger partial charge in [-0.15, -0.1) is 0 Å². The molecular formula is C15H21FN6O. The van der Waals surface area contributed by atoms with Crippen molar-refractivity contribution in [2.75, 3.05) is 19.4 Å². The summed E-state index contributed by atoms with van der Waals surface area (Å²) < 4.78 is 14.3. The molecule has 0 aromatic carbocycles. The van der Waals surface area contributed by atoms with Gasteiger partial charge in [-0.25, -0.2) is 14.4 Å². The molecule has 0 radical (unpaired) electrons. The van der Waals surface area contributed by atoms with Crippen molar-refractivity contribution in [1.29, 1.82) is 0 Å². The van der Waals surface area contributed by atoms with Crippen LogP contribution < -0.4 is 10.7 Å². The van der Waals surface area contributed by atoms with E-state index in [-0.39, 0.29) is 17.3 Å². The second-order valence-corrected chi connectivity index (χ2v) is 4.60. The van der Waals surface area contributed by atoms with Gasteiger partial charge in [0.25, 0.3) is 0 Å². The first kappa shape index (κ1) is 18.1. The Labute approximate surface area is 135 Å². The van der Waals surface area contributed by atoms with Crippen LogP contribution in [0.25, 0.3) is 0 Å². The fourth-order valence-corrected chi connectivity index (χ4v) is 1.55. The summed E-state index contributed by atoms with van der Waals surface area (Å²) in [4.78, 5) is 11.5. The lowest BCUT2D eigenvalue weighted by Crippen LogP contribution is -2.31. The topological polar surface area (TPSA) is 85.7 Å². The summed E-state index contributed by atoms with van der Waals surface area (Å²) in [6.07, 6.45) is 5.54. The number of anilines is 1. The highest BCUT2D eigenvalue weighted by molar-refractivity contribution is 5.55. The molecule has 0 spiro atoms. The number of hydrogen-bond donors (Lipinski definition) is 3. The zero-order chi connectivity index (χ0) is 17.4. The molecule has 1 aromatic rings. The predicted molar refractivity (Wildman–Crippen MR) is 89.5 cm³/mol. The van der Waals surface area contributed by atoms with Gasteiger partial charge in [0, 0.05) is 25.9 Å². The van der Waals surface area contributed by atoms with Crippen molar-refractivity contribution in [3.05, 3.63) is 48.0 Å². The van der Waals surface area contributed by atoms with Gasteiger partial charge < -0.3 is 10.4 Å². The quantitative estimate of drug-likeness (QED) is 0.309. The van der Waals surface area contributed by atoms with Crippen molar-refractivity contribution < 1.29 is 9.50 Å². The van der Waals surface area contributed by atoms with Gasteiger partial charge in [-0.1, -0.05) is 6.58 Å². The van der Waals surface area contributed by atoms with E-state index in [4.69, 9.17) is 0 Å². The number of nitrogens with zero attached hydrogens (tertiary/aromatic N) is 4. The third-order valence-corrected chi connectivity index (χ3v) is 2.92. The molecule has 124 valence electrons. The molecule has 1 heterocycles. The van der Waals surface area contributed by atoms with E-state index in [9.17, 15) is 9.50 Å². The lowest BCUT2D eigenvalue weighted by atomic mass is 10.3. The number of aliphatic imine (C=N–C) groups is 1. The minimum atomic E-state index is -0.530. The molecule has 7 nitrogen and oxygen atoms in total. The fraction of sp³-hybridized carbons (Fsp3) is 0.267. The summed E-state index contributed by atoms with van der Waals surface area (Å²) >= 11 is 0. The van der Waals surface area contributed by atoms with Crippen LogP contribution in [0.3, 0.4) is 0 Å². The standard InChI is InChI=1S/C15H21FN6O/c1-6-12(22(5)20-8-17-4)7-13(16)10(2)21-15-14(23)11(3)18-9-19-15/h6-9,23H,1H2,2-5H3,(H,17,20)(H,18,19,21)/b12-7+,13-10-. The van der Waals surface area contributed by atoms with Gasteiger partial charge in [-0.05, 0) is 19.9 Å². The summed E-state index contributed by atoms with van der Waals surface area (Å²) in [5.74, 6) is -0.508. The molecular weight excluding hydrogens is 299 g/mol. The Bertz CT molecular complexity index is 653. The summed E-state index contributed by atoms with van der Waals surface area (Å²) in [5, 5.41) is 14.1.